The van der Waals surface area contributed by atoms with Gasteiger partial charge in [0.15, 0.2) is 0 Å². The molecule has 1 aliphatic heterocycles. The molecule has 1 rings (SSSR count). The van der Waals surface area contributed by atoms with E-state index in [4.69, 9.17) is 9.05 Å². The van der Waals surface area contributed by atoms with E-state index in [-0.39, 0.29) is 6.10 Å². The van der Waals surface area contributed by atoms with E-state index in [0.29, 0.717) is 0 Å². The Morgan fingerprint density at radius 3 is 2.44 bits per heavy atom. The fraction of sp³-hybridized carbons (Fsp3) is 1.00. The van der Waals surface area contributed by atoms with Gasteiger partial charge in [-0.05, 0) is 21.0 Å². The maximum Gasteiger partial charge on any atom is 0.258 e. The zero-order valence-corrected chi connectivity index (χ0v) is 6.89. The van der Waals surface area contributed by atoms with Crippen molar-refractivity contribution in [3.05, 3.63) is 0 Å². The Morgan fingerprint density at radius 1 is 1.56 bits per heavy atom. The van der Waals surface area contributed by atoms with Gasteiger partial charge in [-0.15, -0.1) is 0 Å². The summed E-state index contributed by atoms with van der Waals surface area (Å²) >= 11 is 0. The molecule has 0 saturated carbocycles. The molecular weight excluding hydrogens is 137 g/mol. The van der Waals surface area contributed by atoms with Crippen LogP contribution in [0.4, 0.5) is 0 Å². The number of nitrogens with zero attached hydrogens (tertiary/aromatic N) is 1. The van der Waals surface area contributed by atoms with E-state index in [1.807, 2.05) is 25.7 Å². The van der Waals surface area contributed by atoms with E-state index in [2.05, 4.69) is 0 Å². The second-order valence-corrected chi connectivity index (χ2v) is 4.04. The molecule has 1 saturated heterocycles. The number of hydrogen-bond donors (Lipinski definition) is 0. The molecule has 4 heteroatoms. The quantitative estimate of drug-likeness (QED) is 0.523. The van der Waals surface area contributed by atoms with Gasteiger partial charge in [-0.3, -0.25) is 0 Å². The van der Waals surface area contributed by atoms with Crippen molar-refractivity contribution in [2.75, 3.05) is 20.7 Å². The van der Waals surface area contributed by atoms with E-state index < -0.39 is 8.53 Å². The molecule has 0 aliphatic carbocycles. The SMILES string of the molecule is CC1COP(N(C)C)O1. The molecule has 1 heterocycles. The van der Waals surface area contributed by atoms with E-state index in [1.165, 1.54) is 0 Å². The van der Waals surface area contributed by atoms with E-state index in [1.54, 1.807) is 0 Å². The molecular formula is C5H12NO2P. The molecule has 0 spiro atoms. The third-order valence-electron chi connectivity index (χ3n) is 1.02. The van der Waals surface area contributed by atoms with Crippen molar-refractivity contribution in [2.45, 2.75) is 13.0 Å². The molecule has 1 aliphatic rings. The van der Waals surface area contributed by atoms with E-state index in [0.717, 1.165) is 6.61 Å². The highest BCUT2D eigenvalue weighted by Gasteiger charge is 2.25. The maximum atomic E-state index is 5.39. The van der Waals surface area contributed by atoms with Crippen LogP contribution in [0.15, 0.2) is 0 Å². The zero-order chi connectivity index (χ0) is 6.85. The first kappa shape index (κ1) is 7.42. The summed E-state index contributed by atoms with van der Waals surface area (Å²) in [5.74, 6) is 0. The first-order chi connectivity index (χ1) is 4.20. The lowest BCUT2D eigenvalue weighted by Gasteiger charge is -2.14. The maximum absolute atomic E-state index is 5.39. The molecule has 54 valence electrons. The predicted octanol–water partition coefficient (Wildman–Crippen LogP) is 1.21. The number of hydrogen-bond acceptors (Lipinski definition) is 3. The van der Waals surface area contributed by atoms with E-state index in [9.17, 15) is 0 Å². The first-order valence-corrected chi connectivity index (χ1v) is 4.10. The fourth-order valence-corrected chi connectivity index (χ4v) is 1.78. The average molecular weight is 149 g/mol. The summed E-state index contributed by atoms with van der Waals surface area (Å²) in [6, 6.07) is 0. The third-order valence-corrected chi connectivity index (χ3v) is 2.58. The summed E-state index contributed by atoms with van der Waals surface area (Å²) in [7, 11) is 3.21. The highest BCUT2D eigenvalue weighted by Crippen LogP contribution is 2.46. The molecule has 0 amide bonds. The van der Waals surface area contributed by atoms with Gasteiger partial charge in [-0.25, -0.2) is 4.67 Å². The molecule has 2 unspecified atom stereocenters. The van der Waals surface area contributed by atoms with Crippen LogP contribution in [0.1, 0.15) is 6.92 Å². The van der Waals surface area contributed by atoms with Gasteiger partial charge in [-0.1, -0.05) is 0 Å². The van der Waals surface area contributed by atoms with Crippen molar-refractivity contribution in [1.82, 2.24) is 4.67 Å². The van der Waals surface area contributed by atoms with Crippen LogP contribution >= 0.6 is 8.53 Å². The van der Waals surface area contributed by atoms with Gasteiger partial charge >= 0.3 is 0 Å². The molecule has 0 radical (unpaired) electrons. The van der Waals surface area contributed by atoms with Crippen LogP contribution in [0, 0.1) is 0 Å². The lowest BCUT2D eigenvalue weighted by molar-refractivity contribution is 0.259. The Hall–Kier alpha value is 0.310. The summed E-state index contributed by atoms with van der Waals surface area (Å²) in [6.45, 7) is 2.76. The minimum absolute atomic E-state index is 0.276. The first-order valence-electron chi connectivity index (χ1n) is 2.97. The van der Waals surface area contributed by atoms with Crippen molar-refractivity contribution < 1.29 is 9.05 Å². The van der Waals surface area contributed by atoms with Crippen LogP contribution in [-0.4, -0.2) is 31.5 Å². The largest absolute Gasteiger partial charge is 0.319 e. The third kappa shape index (κ3) is 1.87. The molecule has 0 aromatic carbocycles. The Labute approximate surface area is 56.9 Å². The molecule has 9 heavy (non-hydrogen) atoms. The lowest BCUT2D eigenvalue weighted by Crippen LogP contribution is -2.04. The minimum Gasteiger partial charge on any atom is -0.319 e. The van der Waals surface area contributed by atoms with Gasteiger partial charge < -0.3 is 9.05 Å². The smallest absolute Gasteiger partial charge is 0.258 e. The molecule has 2 atom stereocenters. The van der Waals surface area contributed by atoms with Gasteiger partial charge in [0.05, 0.1) is 12.7 Å². The van der Waals surface area contributed by atoms with Crippen molar-refractivity contribution >= 4 is 8.53 Å². The Bertz CT molecular complexity index is 99.0. The second kappa shape index (κ2) is 2.93. The van der Waals surface area contributed by atoms with Crippen LogP contribution in [0.2, 0.25) is 0 Å². The fourth-order valence-electron chi connectivity index (χ4n) is 0.593. The predicted molar refractivity (Wildman–Crippen MR) is 37.1 cm³/mol. The van der Waals surface area contributed by atoms with Crippen molar-refractivity contribution in [1.29, 1.82) is 0 Å². The topological polar surface area (TPSA) is 21.7 Å². The van der Waals surface area contributed by atoms with Gasteiger partial charge in [0.25, 0.3) is 8.53 Å². The molecule has 1 fully saturated rings. The van der Waals surface area contributed by atoms with Crippen LogP contribution in [0.5, 0.6) is 0 Å². The van der Waals surface area contributed by atoms with Gasteiger partial charge in [-0.2, -0.15) is 0 Å². The monoisotopic (exact) mass is 149 g/mol. The molecule has 3 nitrogen and oxygen atoms in total. The normalized spacial score (nSPS) is 36.0. The van der Waals surface area contributed by atoms with Gasteiger partial charge in [0.1, 0.15) is 0 Å². The molecule has 0 N–H and O–H groups in total. The summed E-state index contributed by atoms with van der Waals surface area (Å²) < 4.78 is 12.7. The minimum atomic E-state index is -0.710. The standard InChI is InChI=1S/C5H12NO2P/c1-5-4-7-9(8-5)6(2)3/h5H,4H2,1-3H3. The summed E-state index contributed by atoms with van der Waals surface area (Å²) in [5, 5.41) is 0. The second-order valence-electron chi connectivity index (χ2n) is 2.30. The van der Waals surface area contributed by atoms with Crippen LogP contribution in [0.3, 0.4) is 0 Å². The molecule has 0 bridgehead atoms. The van der Waals surface area contributed by atoms with Gasteiger partial charge in [0, 0.05) is 0 Å². The highest BCUT2D eigenvalue weighted by atomic mass is 31.2. The Morgan fingerprint density at radius 2 is 2.22 bits per heavy atom. The van der Waals surface area contributed by atoms with Crippen LogP contribution in [0.25, 0.3) is 0 Å². The number of rotatable bonds is 1. The van der Waals surface area contributed by atoms with Crippen LogP contribution < -0.4 is 0 Å². The Balaban J connectivity index is 2.30. The summed E-state index contributed by atoms with van der Waals surface area (Å²) in [5.41, 5.74) is 0. The highest BCUT2D eigenvalue weighted by molar-refractivity contribution is 7.44. The molecule has 0 aromatic rings. The van der Waals surface area contributed by atoms with Crippen molar-refractivity contribution in [3.63, 3.8) is 0 Å². The van der Waals surface area contributed by atoms with Crippen molar-refractivity contribution in [2.24, 2.45) is 0 Å². The summed E-state index contributed by atoms with van der Waals surface area (Å²) in [6.07, 6.45) is 0.276. The summed E-state index contributed by atoms with van der Waals surface area (Å²) in [4.78, 5) is 0. The average Bonchev–Trinajstić information content (AvgIpc) is 2.14. The molecule has 0 aromatic heterocycles. The van der Waals surface area contributed by atoms with E-state index >= 15 is 0 Å². The Kier molecular flexibility index (Phi) is 2.42. The van der Waals surface area contributed by atoms with Crippen LogP contribution in [-0.2, 0) is 9.05 Å². The van der Waals surface area contributed by atoms with Gasteiger partial charge in [0.2, 0.25) is 0 Å². The zero-order valence-electron chi connectivity index (χ0n) is 6.00. The van der Waals surface area contributed by atoms with Crippen molar-refractivity contribution in [3.8, 4) is 0 Å². The lowest BCUT2D eigenvalue weighted by atomic mass is 10.5.